The van der Waals surface area contributed by atoms with Gasteiger partial charge in [-0.2, -0.15) is 0 Å². The van der Waals surface area contributed by atoms with Crippen LogP contribution in [0.1, 0.15) is 17.3 Å². The van der Waals surface area contributed by atoms with E-state index >= 15 is 0 Å². The molecule has 1 aromatic rings. The predicted molar refractivity (Wildman–Crippen MR) is 77.9 cm³/mol. The van der Waals surface area contributed by atoms with Gasteiger partial charge in [-0.1, -0.05) is 5.84 Å². The molecule has 92 valence electrons. The molecule has 18 heavy (non-hydrogen) atoms. The fourth-order valence-corrected chi connectivity index (χ4v) is 2.19. The predicted octanol–water partition coefficient (Wildman–Crippen LogP) is -1.91. The number of hydrogen-bond donors (Lipinski definition) is 1. The minimum atomic E-state index is -0.595. The number of carbonyl (C=O) groups excluding carboxylic acids is 1. The Labute approximate surface area is 110 Å². The quantitative estimate of drug-likeness (QED) is 0.494. The second kappa shape index (κ2) is 4.73. The Morgan fingerprint density at radius 2 is 2.06 bits per heavy atom. The largest absolute Gasteiger partial charge is 0.454 e. The van der Waals surface area contributed by atoms with Gasteiger partial charge in [-0.3, -0.25) is 4.79 Å². The van der Waals surface area contributed by atoms with E-state index in [2.05, 4.69) is 5.32 Å². The van der Waals surface area contributed by atoms with Gasteiger partial charge in [0.15, 0.2) is 17.3 Å². The van der Waals surface area contributed by atoms with E-state index in [0.717, 1.165) is 0 Å². The molecule has 0 fully saturated rings. The first-order chi connectivity index (χ1) is 8.40. The second-order valence-electron chi connectivity index (χ2n) is 5.32. The third-order valence-electron chi connectivity index (χ3n) is 2.85. The molecule has 4 nitrogen and oxygen atoms in total. The molecule has 0 amide bonds. The Morgan fingerprint density at radius 3 is 2.72 bits per heavy atom. The summed E-state index contributed by atoms with van der Waals surface area (Å²) >= 11 is 0. The molecule has 1 aliphatic heterocycles. The van der Waals surface area contributed by atoms with Crippen molar-refractivity contribution >= 4 is 29.3 Å². The van der Waals surface area contributed by atoms with Gasteiger partial charge in [0.05, 0.1) is 0 Å². The van der Waals surface area contributed by atoms with Crippen LogP contribution in [0.15, 0.2) is 18.2 Å². The monoisotopic (exact) mass is 243 g/mol. The number of ether oxygens (including phenoxy) is 2. The average Bonchev–Trinajstić information content (AvgIpc) is 2.72. The molecule has 1 aromatic carbocycles. The minimum absolute atomic E-state index is 0.0505. The van der Waals surface area contributed by atoms with E-state index in [1.165, 1.54) is 0 Å². The zero-order chi connectivity index (χ0) is 13.3. The molecule has 0 saturated carbocycles. The summed E-state index contributed by atoms with van der Waals surface area (Å²) in [5, 5.41) is 3.26. The van der Waals surface area contributed by atoms with Crippen LogP contribution < -0.4 is 14.8 Å². The summed E-state index contributed by atoms with van der Waals surface area (Å²) in [6, 6.07) is 5.30. The van der Waals surface area contributed by atoms with Gasteiger partial charge in [0.25, 0.3) is 0 Å². The summed E-state index contributed by atoms with van der Waals surface area (Å²) in [6.07, 6.45) is 0. The SMILES string of the molecule is BC(B)N[C@@](B)(C)C(=O)c1ccc2c(c1)OCO2. The third-order valence-corrected chi connectivity index (χ3v) is 2.85. The number of rotatable bonds is 4. The molecule has 2 rings (SSSR count). The zero-order valence-corrected chi connectivity index (χ0v) is 11.2. The molecule has 7 heteroatoms. The van der Waals surface area contributed by atoms with Crippen LogP contribution in [0.25, 0.3) is 0 Å². The lowest BCUT2D eigenvalue weighted by Gasteiger charge is -2.28. The molecular weight excluding hydrogens is 227 g/mol. The van der Waals surface area contributed by atoms with Crippen LogP contribution in [0.4, 0.5) is 0 Å². The Morgan fingerprint density at radius 1 is 1.39 bits per heavy atom. The summed E-state index contributed by atoms with van der Waals surface area (Å²) in [6.45, 7) is 2.11. The van der Waals surface area contributed by atoms with Crippen LogP contribution in [-0.2, 0) is 0 Å². The topological polar surface area (TPSA) is 47.6 Å². The van der Waals surface area contributed by atoms with Gasteiger partial charge in [0.1, 0.15) is 23.5 Å². The van der Waals surface area contributed by atoms with Crippen molar-refractivity contribution in [1.82, 2.24) is 5.32 Å². The van der Waals surface area contributed by atoms with Crippen molar-refractivity contribution in [2.75, 3.05) is 6.79 Å². The molecule has 1 N–H and O–H groups in total. The molecule has 0 saturated heterocycles. The van der Waals surface area contributed by atoms with Crippen molar-refractivity contribution in [3.8, 4) is 11.5 Å². The highest BCUT2D eigenvalue weighted by molar-refractivity contribution is 6.38. The number of fused-ring (bicyclic) bond motifs is 1. The highest BCUT2D eigenvalue weighted by Crippen LogP contribution is 2.33. The summed E-state index contributed by atoms with van der Waals surface area (Å²) in [4.78, 5) is 12.4. The molecule has 0 unspecified atom stereocenters. The number of ketones is 1. The molecule has 1 aliphatic rings. The van der Waals surface area contributed by atoms with Gasteiger partial charge in [-0.25, -0.2) is 0 Å². The van der Waals surface area contributed by atoms with Crippen molar-refractivity contribution < 1.29 is 14.3 Å². The van der Waals surface area contributed by atoms with Crippen molar-refractivity contribution in [3.63, 3.8) is 0 Å². The maximum Gasteiger partial charge on any atom is 0.231 e. The Kier molecular flexibility index (Phi) is 3.44. The first-order valence-corrected chi connectivity index (χ1v) is 6.12. The fraction of sp³-hybridized carbons (Fsp3) is 0.364. The summed E-state index contributed by atoms with van der Waals surface area (Å²) in [5.41, 5.74) is 0.0411. The van der Waals surface area contributed by atoms with Gasteiger partial charge in [0, 0.05) is 11.0 Å². The zero-order valence-electron chi connectivity index (χ0n) is 11.2. The molecule has 1 heterocycles. The van der Waals surface area contributed by atoms with Crippen LogP contribution in [0.5, 0.6) is 11.5 Å². The van der Waals surface area contributed by atoms with Crippen molar-refractivity contribution in [2.24, 2.45) is 0 Å². The van der Waals surface area contributed by atoms with Crippen LogP contribution in [0.3, 0.4) is 0 Å². The second-order valence-corrected chi connectivity index (χ2v) is 5.32. The lowest BCUT2D eigenvalue weighted by molar-refractivity contribution is 0.0928. The van der Waals surface area contributed by atoms with E-state index in [1.807, 2.05) is 30.5 Å². The Balaban J connectivity index is 2.23. The van der Waals surface area contributed by atoms with Crippen molar-refractivity contribution in [2.45, 2.75) is 18.2 Å². The van der Waals surface area contributed by atoms with E-state index in [0.29, 0.717) is 17.1 Å². The normalized spacial score (nSPS) is 16.6. The Bertz CT molecular complexity index is 477. The standard InChI is InChI=1S/C11H16B3NO3/c1-11(14,15-10(12)13)9(16)6-2-3-7-8(4-6)18-5-17-7/h2-4,10,15H,5,12-14H2,1H3/t11-/m0/s1. The lowest BCUT2D eigenvalue weighted by Crippen LogP contribution is -2.54. The van der Waals surface area contributed by atoms with Gasteiger partial charge in [0.2, 0.25) is 6.79 Å². The first-order valence-electron chi connectivity index (χ1n) is 6.12. The van der Waals surface area contributed by atoms with E-state index < -0.39 is 5.44 Å². The highest BCUT2D eigenvalue weighted by atomic mass is 16.7. The van der Waals surface area contributed by atoms with E-state index in [1.54, 1.807) is 18.2 Å². The van der Waals surface area contributed by atoms with Crippen LogP contribution in [0.2, 0.25) is 0 Å². The number of Topliss-reactive ketones (excluding diaryl/α,β-unsaturated/α-hetero) is 1. The fourth-order valence-electron chi connectivity index (χ4n) is 2.19. The van der Waals surface area contributed by atoms with Gasteiger partial charge in [-0.15, -0.1) is 0 Å². The molecule has 0 aliphatic carbocycles. The van der Waals surface area contributed by atoms with E-state index in [4.69, 9.17) is 9.47 Å². The van der Waals surface area contributed by atoms with Crippen LogP contribution in [0, 0.1) is 0 Å². The first kappa shape index (κ1) is 13.1. The maximum atomic E-state index is 12.4. The average molecular weight is 243 g/mol. The smallest absolute Gasteiger partial charge is 0.231 e. The van der Waals surface area contributed by atoms with E-state index in [9.17, 15) is 4.79 Å². The highest BCUT2D eigenvalue weighted by Gasteiger charge is 2.29. The number of nitrogens with one attached hydrogen (secondary N) is 1. The van der Waals surface area contributed by atoms with Crippen molar-refractivity contribution in [1.29, 1.82) is 0 Å². The Hall–Kier alpha value is -1.36. The number of hydrogen-bond acceptors (Lipinski definition) is 4. The summed E-state index contributed by atoms with van der Waals surface area (Å²) < 4.78 is 10.5. The van der Waals surface area contributed by atoms with Crippen molar-refractivity contribution in [3.05, 3.63) is 23.8 Å². The lowest BCUT2D eigenvalue weighted by atomic mass is 9.69. The molecule has 0 spiro atoms. The summed E-state index contributed by atoms with van der Waals surface area (Å²) in [5.74, 6) is 1.63. The molecule has 1 atom stereocenters. The van der Waals surface area contributed by atoms with Crippen LogP contribution >= 0.6 is 0 Å². The van der Waals surface area contributed by atoms with Crippen LogP contribution in [-0.4, -0.2) is 47.4 Å². The van der Waals surface area contributed by atoms with E-state index in [-0.39, 0.29) is 18.4 Å². The third kappa shape index (κ3) is 2.56. The molecule has 0 aromatic heterocycles. The maximum absolute atomic E-state index is 12.4. The minimum Gasteiger partial charge on any atom is -0.454 e. The van der Waals surface area contributed by atoms with Gasteiger partial charge in [-0.05, 0) is 25.1 Å². The van der Waals surface area contributed by atoms with Gasteiger partial charge < -0.3 is 14.8 Å². The molecule has 0 bridgehead atoms. The number of benzene rings is 1. The molecular formula is C11H16B3NO3. The molecule has 0 radical (unpaired) electrons. The van der Waals surface area contributed by atoms with Gasteiger partial charge >= 0.3 is 0 Å². The summed E-state index contributed by atoms with van der Waals surface area (Å²) in [7, 11) is 5.93. The number of carbonyl (C=O) groups is 1.